The van der Waals surface area contributed by atoms with Crippen molar-refractivity contribution in [3.05, 3.63) is 54.1 Å². The van der Waals surface area contributed by atoms with E-state index < -0.39 is 5.54 Å². The highest BCUT2D eigenvalue weighted by Crippen LogP contribution is 2.34. The first kappa shape index (κ1) is 20.7. The van der Waals surface area contributed by atoms with Gasteiger partial charge >= 0.3 is 5.97 Å². The van der Waals surface area contributed by atoms with E-state index in [1.165, 1.54) is 0 Å². The van der Waals surface area contributed by atoms with Gasteiger partial charge in [0.2, 0.25) is 0 Å². The van der Waals surface area contributed by atoms with Crippen LogP contribution in [0.15, 0.2) is 48.5 Å². The van der Waals surface area contributed by atoms with Crippen LogP contribution < -0.4 is 15.0 Å². The van der Waals surface area contributed by atoms with E-state index in [0.29, 0.717) is 18.5 Å². The van der Waals surface area contributed by atoms with Crippen molar-refractivity contribution in [2.24, 2.45) is 0 Å². The highest BCUT2D eigenvalue weighted by Gasteiger charge is 2.38. The average Bonchev–Trinajstić information content (AvgIpc) is 2.67. The number of amides is 1. The van der Waals surface area contributed by atoms with E-state index in [9.17, 15) is 9.59 Å². The molecule has 1 N–H and O–H groups in total. The number of nitrogens with one attached hydrogen (secondary N) is 1. The molecule has 0 aliphatic carbocycles. The number of benzene rings is 2. The Bertz CT molecular complexity index is 875. The second-order valence-corrected chi connectivity index (χ2v) is 7.90. The Kier molecular flexibility index (Phi) is 6.11. The molecule has 0 radical (unpaired) electrons. The minimum atomic E-state index is -0.676. The van der Waals surface area contributed by atoms with Crippen molar-refractivity contribution < 1.29 is 19.1 Å². The Hall–Kier alpha value is -3.02. The molecule has 0 saturated heterocycles. The van der Waals surface area contributed by atoms with E-state index in [1.807, 2.05) is 52.0 Å². The molecule has 0 aromatic heterocycles. The standard InChI is InChI=1S/C23H28N2O4/c1-16(2)29-18-12-10-17(11-13-18)21(26)28-15-7-14-25-20-9-6-5-8-19(20)24-23(3,4)22(25)27/h5-6,8-13,16,24H,7,14-15H2,1-4H3. The van der Waals surface area contributed by atoms with Gasteiger partial charge in [-0.3, -0.25) is 4.79 Å². The predicted octanol–water partition coefficient (Wildman–Crippen LogP) is 4.26. The quantitative estimate of drug-likeness (QED) is 0.560. The molecular weight excluding hydrogens is 368 g/mol. The van der Waals surface area contributed by atoms with Crippen molar-refractivity contribution >= 4 is 23.3 Å². The van der Waals surface area contributed by atoms with Gasteiger partial charge in [-0.1, -0.05) is 12.1 Å². The molecule has 2 aromatic carbocycles. The van der Waals surface area contributed by atoms with Crippen LogP contribution in [0.5, 0.6) is 5.75 Å². The van der Waals surface area contributed by atoms with E-state index in [0.717, 1.165) is 17.1 Å². The molecule has 1 aliphatic heterocycles. The predicted molar refractivity (Wildman–Crippen MR) is 114 cm³/mol. The fourth-order valence-corrected chi connectivity index (χ4v) is 3.29. The van der Waals surface area contributed by atoms with Crippen LogP contribution in [0.2, 0.25) is 0 Å². The van der Waals surface area contributed by atoms with Crippen molar-refractivity contribution in [1.82, 2.24) is 0 Å². The van der Waals surface area contributed by atoms with Gasteiger partial charge in [-0.15, -0.1) is 0 Å². The lowest BCUT2D eigenvalue weighted by molar-refractivity contribution is -0.122. The third kappa shape index (κ3) is 4.88. The first-order valence-corrected chi connectivity index (χ1v) is 9.91. The van der Waals surface area contributed by atoms with Crippen LogP contribution in [0.3, 0.4) is 0 Å². The van der Waals surface area contributed by atoms with Gasteiger partial charge in [0.05, 0.1) is 29.6 Å². The summed E-state index contributed by atoms with van der Waals surface area (Å²) in [7, 11) is 0. The average molecular weight is 396 g/mol. The van der Waals surface area contributed by atoms with E-state index in [1.54, 1.807) is 29.2 Å². The maximum Gasteiger partial charge on any atom is 0.338 e. The Morgan fingerprint density at radius 1 is 1.10 bits per heavy atom. The SMILES string of the molecule is CC(C)Oc1ccc(C(=O)OCCCN2C(=O)C(C)(C)Nc3ccccc32)cc1. The zero-order valence-electron chi connectivity index (χ0n) is 17.4. The summed E-state index contributed by atoms with van der Waals surface area (Å²) < 4.78 is 11.0. The van der Waals surface area contributed by atoms with Gasteiger partial charge in [0, 0.05) is 6.54 Å². The fourth-order valence-electron chi connectivity index (χ4n) is 3.29. The molecule has 0 bridgehead atoms. The maximum atomic E-state index is 12.8. The van der Waals surface area contributed by atoms with Crippen molar-refractivity contribution in [3.63, 3.8) is 0 Å². The normalized spacial score (nSPS) is 14.9. The van der Waals surface area contributed by atoms with Crippen LogP contribution >= 0.6 is 0 Å². The summed E-state index contributed by atoms with van der Waals surface area (Å²) in [5.41, 5.74) is 1.58. The zero-order valence-corrected chi connectivity index (χ0v) is 17.4. The molecule has 29 heavy (non-hydrogen) atoms. The Morgan fingerprint density at radius 2 is 1.79 bits per heavy atom. The van der Waals surface area contributed by atoms with E-state index in [4.69, 9.17) is 9.47 Å². The van der Waals surface area contributed by atoms with Gasteiger partial charge < -0.3 is 19.7 Å². The number of esters is 1. The molecule has 1 aliphatic rings. The van der Waals surface area contributed by atoms with Crippen LogP contribution in [0, 0.1) is 0 Å². The molecule has 1 heterocycles. The van der Waals surface area contributed by atoms with Gasteiger partial charge in [0.25, 0.3) is 5.91 Å². The number of hydrogen-bond donors (Lipinski definition) is 1. The summed E-state index contributed by atoms with van der Waals surface area (Å²) in [5.74, 6) is 0.340. The van der Waals surface area contributed by atoms with Crippen molar-refractivity contribution in [2.75, 3.05) is 23.4 Å². The number of anilines is 2. The molecule has 0 atom stereocenters. The number of carbonyl (C=O) groups excluding carboxylic acids is 2. The van der Waals surface area contributed by atoms with Gasteiger partial charge in [-0.2, -0.15) is 0 Å². The van der Waals surface area contributed by atoms with Crippen molar-refractivity contribution in [1.29, 1.82) is 0 Å². The molecule has 1 amide bonds. The number of nitrogens with zero attached hydrogens (tertiary/aromatic N) is 1. The number of fused-ring (bicyclic) bond motifs is 1. The number of rotatable bonds is 7. The van der Waals surface area contributed by atoms with Crippen LogP contribution in [0.1, 0.15) is 44.5 Å². The number of hydrogen-bond acceptors (Lipinski definition) is 5. The molecule has 0 spiro atoms. The molecule has 6 nitrogen and oxygen atoms in total. The van der Waals surface area contributed by atoms with Crippen molar-refractivity contribution in [2.45, 2.75) is 45.8 Å². The Balaban J connectivity index is 1.55. The highest BCUT2D eigenvalue weighted by atomic mass is 16.5. The van der Waals surface area contributed by atoms with Crippen molar-refractivity contribution in [3.8, 4) is 5.75 Å². The molecule has 6 heteroatoms. The Labute approximate surface area is 171 Å². The first-order valence-electron chi connectivity index (χ1n) is 9.91. The second-order valence-electron chi connectivity index (χ2n) is 7.90. The number of carbonyl (C=O) groups is 2. The fraction of sp³-hybridized carbons (Fsp3) is 0.391. The molecule has 0 fully saturated rings. The minimum absolute atomic E-state index is 0.00303. The van der Waals surface area contributed by atoms with Crippen LogP contribution in [0.4, 0.5) is 11.4 Å². The molecule has 154 valence electrons. The summed E-state index contributed by atoms with van der Waals surface area (Å²) in [5, 5.41) is 3.28. The third-order valence-corrected chi connectivity index (χ3v) is 4.64. The lowest BCUT2D eigenvalue weighted by Gasteiger charge is -2.40. The molecular formula is C23H28N2O4. The summed E-state index contributed by atoms with van der Waals surface area (Å²) in [4.78, 5) is 26.8. The van der Waals surface area contributed by atoms with Gasteiger partial charge in [0.15, 0.2) is 0 Å². The van der Waals surface area contributed by atoms with Crippen LogP contribution in [-0.2, 0) is 9.53 Å². The zero-order chi connectivity index (χ0) is 21.0. The lowest BCUT2D eigenvalue weighted by Crippen LogP contribution is -2.54. The minimum Gasteiger partial charge on any atom is -0.491 e. The maximum absolute atomic E-state index is 12.8. The van der Waals surface area contributed by atoms with Crippen LogP contribution in [-0.4, -0.2) is 36.7 Å². The van der Waals surface area contributed by atoms with E-state index in [2.05, 4.69) is 5.32 Å². The lowest BCUT2D eigenvalue weighted by atomic mass is 9.98. The highest BCUT2D eigenvalue weighted by molar-refractivity contribution is 6.07. The number of ether oxygens (including phenoxy) is 2. The van der Waals surface area contributed by atoms with Crippen LogP contribution in [0.25, 0.3) is 0 Å². The summed E-state index contributed by atoms with van der Waals surface area (Å²) in [6.07, 6.45) is 0.631. The molecule has 3 rings (SSSR count). The summed E-state index contributed by atoms with van der Waals surface area (Å²) >= 11 is 0. The van der Waals surface area contributed by atoms with Gasteiger partial charge in [-0.05, 0) is 70.5 Å². The first-order chi connectivity index (χ1) is 13.8. The summed E-state index contributed by atoms with van der Waals surface area (Å²) in [6, 6.07) is 14.6. The topological polar surface area (TPSA) is 67.9 Å². The van der Waals surface area contributed by atoms with Gasteiger partial charge in [-0.25, -0.2) is 4.79 Å². The molecule has 0 saturated carbocycles. The second kappa shape index (κ2) is 8.55. The molecule has 0 unspecified atom stereocenters. The number of para-hydroxylation sites is 2. The Morgan fingerprint density at radius 3 is 2.48 bits per heavy atom. The smallest absolute Gasteiger partial charge is 0.338 e. The largest absolute Gasteiger partial charge is 0.491 e. The third-order valence-electron chi connectivity index (χ3n) is 4.64. The monoisotopic (exact) mass is 396 g/mol. The van der Waals surface area contributed by atoms with E-state index >= 15 is 0 Å². The summed E-state index contributed by atoms with van der Waals surface area (Å²) in [6.45, 7) is 8.35. The van der Waals surface area contributed by atoms with E-state index in [-0.39, 0.29) is 24.6 Å². The molecule has 2 aromatic rings. The van der Waals surface area contributed by atoms with Gasteiger partial charge in [0.1, 0.15) is 11.3 Å².